The van der Waals surface area contributed by atoms with E-state index in [0.717, 1.165) is 4.31 Å². The summed E-state index contributed by atoms with van der Waals surface area (Å²) in [7, 11) is 0. The third-order valence-electron chi connectivity index (χ3n) is 2.37. The number of phenolic OH excluding ortho intramolecular Hbond substituents is 1. The quantitative estimate of drug-likeness (QED) is 0.649. The van der Waals surface area contributed by atoms with Gasteiger partial charge < -0.3 is 15.5 Å². The highest BCUT2D eigenvalue weighted by molar-refractivity contribution is 7.82. The number of halogens is 1. The summed E-state index contributed by atoms with van der Waals surface area (Å²) in [5.74, 6) is -0.228. The Morgan fingerprint density at radius 2 is 2.00 bits per heavy atom. The molecule has 19 heavy (non-hydrogen) atoms. The van der Waals surface area contributed by atoms with Gasteiger partial charge in [0.15, 0.2) is 0 Å². The van der Waals surface area contributed by atoms with Gasteiger partial charge in [0.1, 0.15) is 11.4 Å². The van der Waals surface area contributed by atoms with Gasteiger partial charge in [-0.15, -0.1) is 0 Å². The highest BCUT2D eigenvalue weighted by Crippen LogP contribution is 2.38. The Balaban J connectivity index is 3.16. The molecule has 0 aliphatic carbocycles. The monoisotopic (exact) mass is 304 g/mol. The summed E-state index contributed by atoms with van der Waals surface area (Å²) < 4.78 is 0.951. The van der Waals surface area contributed by atoms with Crippen molar-refractivity contribution < 1.29 is 15.0 Å². The van der Waals surface area contributed by atoms with Crippen LogP contribution in [-0.4, -0.2) is 22.3 Å². The van der Waals surface area contributed by atoms with Gasteiger partial charge in [-0.2, -0.15) is 0 Å². The minimum atomic E-state index is -0.910. The zero-order valence-corrected chi connectivity index (χ0v) is 12.5. The molecule has 0 spiro atoms. The topological polar surface area (TPSA) is 72.8 Å². The van der Waals surface area contributed by atoms with E-state index in [4.69, 9.17) is 11.6 Å². The lowest BCUT2D eigenvalue weighted by molar-refractivity contribution is 0.195. The maximum absolute atomic E-state index is 11.8. The molecule has 3 N–H and O–H groups in total. The molecule has 0 radical (unpaired) electrons. The molecule has 0 fully saturated rings. The van der Waals surface area contributed by atoms with Crippen LogP contribution in [0.15, 0.2) is 12.1 Å². The van der Waals surface area contributed by atoms with Gasteiger partial charge >= 0.3 is 6.03 Å². The Bertz CT molecular complexity index is 480. The van der Waals surface area contributed by atoms with E-state index in [-0.39, 0.29) is 23.0 Å². The van der Waals surface area contributed by atoms with Gasteiger partial charge in [-0.3, -0.25) is 0 Å². The highest BCUT2D eigenvalue weighted by atomic mass is 35.5. The minimum Gasteiger partial charge on any atom is -0.505 e. The van der Waals surface area contributed by atoms with E-state index in [1.165, 1.54) is 19.1 Å². The average Bonchev–Trinajstić information content (AvgIpc) is 2.29. The maximum atomic E-state index is 11.8. The molecular weight excluding hydrogens is 288 g/mol. The minimum absolute atomic E-state index is 0.0697. The molecule has 0 aliphatic heterocycles. The van der Waals surface area contributed by atoms with Gasteiger partial charge in [0.2, 0.25) is 0 Å². The van der Waals surface area contributed by atoms with Gasteiger partial charge in [0.25, 0.3) is 0 Å². The number of carbonyl (C=O) groups excluding carboxylic acids is 1. The van der Waals surface area contributed by atoms with Crippen molar-refractivity contribution >= 4 is 36.1 Å². The number of anilines is 1. The Hall–Kier alpha value is -1.11. The van der Waals surface area contributed by atoms with Crippen LogP contribution in [0.25, 0.3) is 0 Å². The molecule has 0 aliphatic rings. The fourth-order valence-electron chi connectivity index (χ4n) is 1.50. The second kappa shape index (κ2) is 6.36. The highest BCUT2D eigenvalue weighted by Gasteiger charge is 2.21. The predicted molar refractivity (Wildman–Crippen MR) is 78.9 cm³/mol. The summed E-state index contributed by atoms with van der Waals surface area (Å²) in [5.41, 5.74) is 0.351. The Morgan fingerprint density at radius 3 is 2.47 bits per heavy atom. The molecule has 1 aromatic rings. The zero-order chi connectivity index (χ0) is 14.7. The van der Waals surface area contributed by atoms with Gasteiger partial charge in [-0.25, -0.2) is 9.10 Å². The molecule has 7 heteroatoms. The molecule has 0 saturated carbocycles. The summed E-state index contributed by atoms with van der Waals surface area (Å²) in [6, 6.07) is 2.27. The van der Waals surface area contributed by atoms with Crippen molar-refractivity contribution in [3.8, 4) is 5.75 Å². The summed E-state index contributed by atoms with van der Waals surface area (Å²) >= 11 is 9.95. The van der Waals surface area contributed by atoms with Crippen LogP contribution in [0.4, 0.5) is 10.5 Å². The van der Waals surface area contributed by atoms with Crippen LogP contribution in [-0.2, 0) is 0 Å². The summed E-state index contributed by atoms with van der Waals surface area (Å²) in [6.07, 6.45) is -0.910. The number of thiol groups is 1. The molecule has 106 valence electrons. The Labute approximate surface area is 122 Å². The molecule has 1 unspecified atom stereocenters. The average molecular weight is 305 g/mol. The normalized spacial score (nSPS) is 12.4. The van der Waals surface area contributed by atoms with Crippen LogP contribution < -0.4 is 9.62 Å². The van der Waals surface area contributed by atoms with Crippen molar-refractivity contribution in [2.45, 2.75) is 32.9 Å². The lowest BCUT2D eigenvalue weighted by atomic mass is 10.1. The molecule has 0 heterocycles. The lowest BCUT2D eigenvalue weighted by Gasteiger charge is -2.21. The maximum Gasteiger partial charge on any atom is 0.332 e. The number of carbonyl (C=O) groups is 1. The number of benzene rings is 1. The first-order valence-electron chi connectivity index (χ1n) is 5.74. The number of hydrogen-bond acceptors (Lipinski definition) is 4. The first kappa shape index (κ1) is 15.9. The number of nitrogens with zero attached hydrogens (tertiary/aromatic N) is 1. The first-order chi connectivity index (χ1) is 8.73. The van der Waals surface area contributed by atoms with E-state index in [9.17, 15) is 15.0 Å². The second-order valence-corrected chi connectivity index (χ2v) is 5.29. The van der Waals surface area contributed by atoms with Crippen molar-refractivity contribution in [3.63, 3.8) is 0 Å². The van der Waals surface area contributed by atoms with E-state index in [0.29, 0.717) is 5.02 Å². The number of hydrogen-bond donors (Lipinski definition) is 4. The largest absolute Gasteiger partial charge is 0.505 e. The molecule has 1 aromatic carbocycles. The van der Waals surface area contributed by atoms with Crippen LogP contribution in [0.2, 0.25) is 5.02 Å². The third kappa shape index (κ3) is 3.92. The summed E-state index contributed by atoms with van der Waals surface area (Å²) in [6.45, 7) is 5.10. The third-order valence-corrected chi connectivity index (χ3v) is 2.98. The van der Waals surface area contributed by atoms with Crippen molar-refractivity contribution in [3.05, 3.63) is 22.7 Å². The molecule has 1 rings (SSSR count). The molecule has 0 bridgehead atoms. The smallest absolute Gasteiger partial charge is 0.332 e. The van der Waals surface area contributed by atoms with Crippen LogP contribution in [0, 0.1) is 0 Å². The SMILES string of the molecule is CC(C)NC(=O)N(S)c1cc(Cl)cc(C(C)O)c1O. The van der Waals surface area contributed by atoms with E-state index in [1.807, 2.05) is 0 Å². The molecule has 0 aromatic heterocycles. The zero-order valence-electron chi connectivity index (χ0n) is 10.9. The van der Waals surface area contributed by atoms with Crippen molar-refractivity contribution in [2.24, 2.45) is 0 Å². The van der Waals surface area contributed by atoms with Crippen molar-refractivity contribution in [1.82, 2.24) is 5.32 Å². The standard InChI is InChI=1S/C12H17ClN2O3S/c1-6(2)14-12(18)15(19)10-5-8(13)4-9(7(3)16)11(10)17/h4-7,16-17,19H,1-3H3,(H,14,18). The van der Waals surface area contributed by atoms with Gasteiger partial charge in [-0.1, -0.05) is 24.4 Å². The lowest BCUT2D eigenvalue weighted by Crippen LogP contribution is -2.38. The second-order valence-electron chi connectivity index (χ2n) is 4.45. The molecular formula is C12H17ClN2O3S. The van der Waals surface area contributed by atoms with Crippen molar-refractivity contribution in [1.29, 1.82) is 0 Å². The van der Waals surface area contributed by atoms with Gasteiger partial charge in [0, 0.05) is 16.6 Å². The number of aliphatic hydroxyl groups excluding tert-OH is 1. The predicted octanol–water partition coefficient (Wildman–Crippen LogP) is 2.87. The Kier molecular flexibility index (Phi) is 5.34. The van der Waals surface area contributed by atoms with Crippen LogP contribution in [0.1, 0.15) is 32.4 Å². The fourth-order valence-corrected chi connectivity index (χ4v) is 1.93. The van der Waals surface area contributed by atoms with Crippen LogP contribution in [0.5, 0.6) is 5.75 Å². The number of amides is 2. The van der Waals surface area contributed by atoms with E-state index < -0.39 is 12.1 Å². The summed E-state index contributed by atoms with van der Waals surface area (Å²) in [4.78, 5) is 11.8. The number of rotatable bonds is 3. The van der Waals surface area contributed by atoms with E-state index in [1.54, 1.807) is 13.8 Å². The Morgan fingerprint density at radius 1 is 1.42 bits per heavy atom. The van der Waals surface area contributed by atoms with Gasteiger partial charge in [0.05, 0.1) is 6.10 Å². The molecule has 1 atom stereocenters. The number of aliphatic hydroxyl groups is 1. The number of phenols is 1. The number of aromatic hydroxyl groups is 1. The first-order valence-corrected chi connectivity index (χ1v) is 6.51. The number of nitrogens with one attached hydrogen (secondary N) is 1. The molecule has 2 amide bonds. The molecule has 5 nitrogen and oxygen atoms in total. The van der Waals surface area contributed by atoms with Crippen LogP contribution >= 0.6 is 24.4 Å². The van der Waals surface area contributed by atoms with Gasteiger partial charge in [-0.05, 0) is 32.9 Å². The summed E-state index contributed by atoms with van der Waals surface area (Å²) in [5, 5.41) is 22.5. The fraction of sp³-hybridized carbons (Fsp3) is 0.417. The molecule has 0 saturated heterocycles. The van der Waals surface area contributed by atoms with E-state index >= 15 is 0 Å². The van der Waals surface area contributed by atoms with Crippen LogP contribution in [0.3, 0.4) is 0 Å². The van der Waals surface area contributed by atoms with Crippen molar-refractivity contribution in [2.75, 3.05) is 4.31 Å². The van der Waals surface area contributed by atoms with E-state index in [2.05, 4.69) is 18.1 Å². The number of urea groups is 1.